The Bertz CT molecular complexity index is 315. The summed E-state index contributed by atoms with van der Waals surface area (Å²) in [7, 11) is 0. The molecule has 60 valence electrons. The maximum Gasteiger partial charge on any atom is 0.189 e. The van der Waals surface area contributed by atoms with Crippen LogP contribution in [-0.4, -0.2) is 5.49 Å². The molecule has 1 aromatic rings. The molecule has 0 heterocycles. The van der Waals surface area contributed by atoms with Crippen LogP contribution in [0.1, 0.15) is 0 Å². The van der Waals surface area contributed by atoms with Gasteiger partial charge in [0.2, 0.25) is 0 Å². The van der Waals surface area contributed by atoms with Crippen LogP contribution in [-0.2, 0) is 0 Å². The van der Waals surface area contributed by atoms with E-state index in [-0.39, 0.29) is 5.82 Å². The Balaban J connectivity index is 2.97. The third-order valence-corrected chi connectivity index (χ3v) is 1.53. The molecule has 1 aromatic carbocycles. The Morgan fingerprint density at radius 1 is 1.42 bits per heavy atom. The maximum atomic E-state index is 12.4. The summed E-state index contributed by atoms with van der Waals surface area (Å²) in [6.45, 7) is 0. The molecule has 4 heteroatoms. The van der Waals surface area contributed by atoms with Crippen molar-refractivity contribution >= 4 is 23.4 Å². The van der Waals surface area contributed by atoms with Crippen molar-refractivity contribution in [2.75, 3.05) is 4.90 Å². The number of thiocarbonyl (C=S) groups is 1. The minimum atomic E-state index is -0.332. The molecule has 0 aliphatic rings. The smallest absolute Gasteiger partial charge is 0.189 e. The first-order valence-electron chi connectivity index (χ1n) is 3.18. The van der Waals surface area contributed by atoms with Gasteiger partial charge in [0, 0.05) is 0 Å². The fourth-order valence-corrected chi connectivity index (χ4v) is 0.913. The summed E-state index contributed by atoms with van der Waals surface area (Å²) >= 11 is 4.57. The molecule has 0 saturated carbocycles. The largest absolute Gasteiger partial charge is 0.244 e. The van der Waals surface area contributed by atoms with Crippen LogP contribution < -0.4 is 4.90 Å². The average Bonchev–Trinajstić information content (AvgIpc) is 2.10. The molecule has 12 heavy (non-hydrogen) atoms. The summed E-state index contributed by atoms with van der Waals surface area (Å²) < 4.78 is 12.4. The van der Waals surface area contributed by atoms with Crippen molar-refractivity contribution in [3.05, 3.63) is 30.1 Å². The van der Waals surface area contributed by atoms with E-state index in [2.05, 4.69) is 12.2 Å². The number of benzene rings is 1. The first-order valence-corrected chi connectivity index (χ1v) is 3.65. The van der Waals surface area contributed by atoms with Gasteiger partial charge in [-0.25, -0.2) is 9.29 Å². The van der Waals surface area contributed by atoms with Gasteiger partial charge in [-0.15, -0.1) is 0 Å². The van der Waals surface area contributed by atoms with E-state index in [0.29, 0.717) is 5.69 Å². The van der Waals surface area contributed by atoms with Gasteiger partial charge in [0.05, 0.1) is 11.2 Å². The Morgan fingerprint density at radius 2 is 2.00 bits per heavy atom. The van der Waals surface area contributed by atoms with Crippen LogP contribution in [0.2, 0.25) is 0 Å². The molecule has 2 nitrogen and oxygen atoms in total. The molecule has 0 fully saturated rings. The van der Waals surface area contributed by atoms with Crippen molar-refractivity contribution in [3.63, 3.8) is 0 Å². The molecule has 0 atom stereocenters. The third kappa shape index (κ3) is 1.77. The minimum absolute atomic E-state index is 0.332. The summed E-state index contributed by atoms with van der Waals surface area (Å²) in [5.41, 5.74) is 1.77. The SMILES string of the molecule is N#CN(C=S)c1ccc(F)cc1. The molecule has 0 aliphatic carbocycles. The molecule has 0 bridgehead atoms. The summed E-state index contributed by atoms with van der Waals surface area (Å²) in [4.78, 5) is 1.18. The minimum Gasteiger partial charge on any atom is -0.244 e. The predicted octanol–water partition coefficient (Wildman–Crippen LogP) is 2.07. The van der Waals surface area contributed by atoms with Crippen LogP contribution >= 0.6 is 12.2 Å². The number of hydrogen-bond donors (Lipinski definition) is 0. The van der Waals surface area contributed by atoms with E-state index in [1.165, 1.54) is 34.7 Å². The van der Waals surface area contributed by atoms with Gasteiger partial charge in [-0.2, -0.15) is 5.26 Å². The zero-order chi connectivity index (χ0) is 8.97. The fourth-order valence-electron chi connectivity index (χ4n) is 0.744. The summed E-state index contributed by atoms with van der Waals surface area (Å²) in [6, 6.07) is 5.53. The Labute approximate surface area is 74.8 Å². The standard InChI is InChI=1S/C8H5FN2S/c9-7-1-3-8(4-2-7)11(5-10)6-12/h1-4,6H. The van der Waals surface area contributed by atoms with Crippen LogP contribution in [0.25, 0.3) is 0 Å². The molecule has 0 saturated heterocycles. The molecule has 0 aromatic heterocycles. The number of nitriles is 1. The Hall–Kier alpha value is -1.47. The topological polar surface area (TPSA) is 27.0 Å². The van der Waals surface area contributed by atoms with Crippen LogP contribution in [0.15, 0.2) is 24.3 Å². The average molecular weight is 180 g/mol. The lowest BCUT2D eigenvalue weighted by Gasteiger charge is -2.06. The van der Waals surface area contributed by atoms with E-state index >= 15 is 0 Å². The number of halogens is 1. The predicted molar refractivity (Wildman–Crippen MR) is 48.1 cm³/mol. The van der Waals surface area contributed by atoms with Gasteiger partial charge in [0.15, 0.2) is 6.19 Å². The first kappa shape index (κ1) is 8.62. The van der Waals surface area contributed by atoms with Crippen molar-refractivity contribution in [2.24, 2.45) is 0 Å². The fraction of sp³-hybridized carbons (Fsp3) is 0. The summed E-state index contributed by atoms with van der Waals surface area (Å²) in [5.74, 6) is -0.332. The highest BCUT2D eigenvalue weighted by Gasteiger charge is 1.99. The van der Waals surface area contributed by atoms with Gasteiger partial charge in [0.1, 0.15) is 5.82 Å². The Morgan fingerprint density at radius 3 is 2.42 bits per heavy atom. The van der Waals surface area contributed by atoms with Gasteiger partial charge in [-0.3, -0.25) is 0 Å². The van der Waals surface area contributed by atoms with Gasteiger partial charge in [-0.05, 0) is 24.3 Å². The molecule has 0 aliphatic heterocycles. The monoisotopic (exact) mass is 180 g/mol. The highest BCUT2D eigenvalue weighted by atomic mass is 32.1. The summed E-state index contributed by atoms with van der Waals surface area (Å²) in [6.07, 6.45) is 1.84. The second-order valence-corrected chi connectivity index (χ2v) is 2.26. The maximum absolute atomic E-state index is 12.4. The zero-order valence-electron chi connectivity index (χ0n) is 6.07. The highest BCUT2D eigenvalue weighted by Crippen LogP contribution is 2.12. The first-order chi connectivity index (χ1) is 5.77. The van der Waals surface area contributed by atoms with E-state index < -0.39 is 0 Å². The lowest BCUT2D eigenvalue weighted by Crippen LogP contribution is -2.11. The quantitative estimate of drug-likeness (QED) is 0.396. The molecule has 0 amide bonds. The van der Waals surface area contributed by atoms with Crippen molar-refractivity contribution in [1.82, 2.24) is 0 Å². The van der Waals surface area contributed by atoms with Crippen LogP contribution in [0.3, 0.4) is 0 Å². The van der Waals surface area contributed by atoms with Gasteiger partial charge in [-0.1, -0.05) is 12.2 Å². The van der Waals surface area contributed by atoms with Crippen LogP contribution in [0.5, 0.6) is 0 Å². The third-order valence-electron chi connectivity index (χ3n) is 1.32. The van der Waals surface area contributed by atoms with Crippen LogP contribution in [0.4, 0.5) is 10.1 Å². The van der Waals surface area contributed by atoms with Crippen molar-refractivity contribution in [2.45, 2.75) is 0 Å². The molecular formula is C8H5FN2S. The van der Waals surface area contributed by atoms with Crippen molar-refractivity contribution in [1.29, 1.82) is 5.26 Å². The lowest BCUT2D eigenvalue weighted by atomic mass is 10.3. The Kier molecular flexibility index (Phi) is 2.72. The van der Waals surface area contributed by atoms with Crippen molar-refractivity contribution in [3.8, 4) is 6.19 Å². The second kappa shape index (κ2) is 3.79. The molecule has 0 N–H and O–H groups in total. The van der Waals surface area contributed by atoms with Gasteiger partial charge in [0.25, 0.3) is 0 Å². The van der Waals surface area contributed by atoms with E-state index in [1.807, 2.05) is 6.19 Å². The van der Waals surface area contributed by atoms with E-state index in [9.17, 15) is 4.39 Å². The number of hydrogen-bond acceptors (Lipinski definition) is 2. The lowest BCUT2D eigenvalue weighted by molar-refractivity contribution is 0.628. The second-order valence-electron chi connectivity index (χ2n) is 2.05. The molecule has 0 radical (unpaired) electrons. The zero-order valence-corrected chi connectivity index (χ0v) is 6.88. The number of rotatable bonds is 2. The van der Waals surface area contributed by atoms with Gasteiger partial charge >= 0.3 is 0 Å². The molecule has 0 spiro atoms. The molecule has 0 unspecified atom stereocenters. The normalized spacial score (nSPS) is 8.67. The van der Waals surface area contributed by atoms with Crippen molar-refractivity contribution < 1.29 is 4.39 Å². The van der Waals surface area contributed by atoms with Gasteiger partial charge < -0.3 is 0 Å². The number of anilines is 1. The van der Waals surface area contributed by atoms with Crippen LogP contribution in [0, 0.1) is 17.3 Å². The highest BCUT2D eigenvalue weighted by molar-refractivity contribution is 7.79. The van der Waals surface area contributed by atoms with E-state index in [1.54, 1.807) is 0 Å². The molecular weight excluding hydrogens is 175 g/mol. The van der Waals surface area contributed by atoms with E-state index in [0.717, 1.165) is 0 Å². The molecule has 1 rings (SSSR count). The summed E-state index contributed by atoms with van der Waals surface area (Å²) in [5, 5.41) is 8.53. The number of nitrogens with zero attached hydrogens (tertiary/aromatic N) is 2. The van der Waals surface area contributed by atoms with E-state index in [4.69, 9.17) is 5.26 Å².